The molecule has 22 heavy (non-hydrogen) atoms. The standard InChI is InChI=1S/C10H7Cl3F3NO4S/c1-9(19,10(14,15)16)8(18)17-4-2-3-5(22(13,20)21)7(12)6(4)11/h2-3,19H,1H3,(H,17,18)/t9-/m1/s1. The number of nitrogens with one attached hydrogen (secondary N) is 1. The molecule has 0 heterocycles. The monoisotopic (exact) mass is 399 g/mol. The number of carbonyl (C=O) groups excluding carboxylic acids is 1. The first-order chi connectivity index (χ1) is 9.69. The quantitative estimate of drug-likeness (QED) is 0.764. The molecule has 0 saturated heterocycles. The van der Waals surface area contributed by atoms with Gasteiger partial charge in [-0.25, -0.2) is 8.42 Å². The Morgan fingerprint density at radius 3 is 2.14 bits per heavy atom. The van der Waals surface area contributed by atoms with Crippen molar-refractivity contribution in [1.29, 1.82) is 0 Å². The molecule has 0 fully saturated rings. The third-order valence-corrected chi connectivity index (χ3v) is 4.91. The van der Waals surface area contributed by atoms with Crippen LogP contribution in [0.2, 0.25) is 10.0 Å². The smallest absolute Gasteiger partial charge is 0.373 e. The Bertz CT molecular complexity index is 719. The summed E-state index contributed by atoms with van der Waals surface area (Å²) in [5, 5.41) is 9.78. The summed E-state index contributed by atoms with van der Waals surface area (Å²) in [6.07, 6.45) is -5.23. The summed E-state index contributed by atoms with van der Waals surface area (Å²) >= 11 is 11.3. The Hall–Kier alpha value is -0.740. The van der Waals surface area contributed by atoms with Gasteiger partial charge in [-0.15, -0.1) is 0 Å². The molecule has 1 amide bonds. The van der Waals surface area contributed by atoms with Crippen LogP contribution >= 0.6 is 33.9 Å². The maximum absolute atomic E-state index is 12.5. The van der Waals surface area contributed by atoms with Gasteiger partial charge < -0.3 is 10.4 Å². The zero-order valence-corrected chi connectivity index (χ0v) is 13.6. The molecular weight excluding hydrogens is 394 g/mol. The fraction of sp³-hybridized carbons (Fsp3) is 0.300. The number of carbonyl (C=O) groups is 1. The van der Waals surface area contributed by atoms with Crippen molar-refractivity contribution in [2.75, 3.05) is 5.32 Å². The van der Waals surface area contributed by atoms with Crippen LogP contribution < -0.4 is 5.32 Å². The average Bonchev–Trinajstić information content (AvgIpc) is 2.31. The van der Waals surface area contributed by atoms with Gasteiger partial charge in [0.25, 0.3) is 15.0 Å². The van der Waals surface area contributed by atoms with Crippen LogP contribution in [0, 0.1) is 0 Å². The lowest BCUT2D eigenvalue weighted by atomic mass is 10.1. The van der Waals surface area contributed by atoms with Crippen LogP contribution in [0.15, 0.2) is 17.0 Å². The van der Waals surface area contributed by atoms with E-state index in [-0.39, 0.29) is 6.92 Å². The number of halogens is 6. The maximum atomic E-state index is 12.5. The number of hydrogen-bond donors (Lipinski definition) is 2. The van der Waals surface area contributed by atoms with Crippen LogP contribution in [0.1, 0.15) is 6.92 Å². The van der Waals surface area contributed by atoms with E-state index in [4.69, 9.17) is 33.9 Å². The van der Waals surface area contributed by atoms with E-state index in [0.29, 0.717) is 0 Å². The van der Waals surface area contributed by atoms with Gasteiger partial charge in [0.15, 0.2) is 0 Å². The molecule has 1 atom stereocenters. The number of rotatable bonds is 3. The predicted molar refractivity (Wildman–Crippen MR) is 74.8 cm³/mol. The Morgan fingerprint density at radius 2 is 1.73 bits per heavy atom. The summed E-state index contributed by atoms with van der Waals surface area (Å²) in [6, 6.07) is 1.72. The molecule has 0 aromatic heterocycles. The lowest BCUT2D eigenvalue weighted by molar-refractivity contribution is -0.242. The van der Waals surface area contributed by atoms with Gasteiger partial charge in [0, 0.05) is 10.7 Å². The first kappa shape index (κ1) is 19.3. The predicted octanol–water partition coefficient (Wildman–Crippen LogP) is 3.17. The van der Waals surface area contributed by atoms with E-state index in [0.717, 1.165) is 12.1 Å². The van der Waals surface area contributed by atoms with E-state index in [1.54, 1.807) is 5.32 Å². The number of aliphatic hydroxyl groups is 1. The normalized spacial score (nSPS) is 15.3. The second-order valence-corrected chi connectivity index (χ2v) is 7.49. The lowest BCUT2D eigenvalue weighted by Gasteiger charge is -2.25. The molecule has 0 radical (unpaired) electrons. The zero-order chi connectivity index (χ0) is 17.5. The number of benzene rings is 1. The second kappa shape index (κ2) is 6.04. The van der Waals surface area contributed by atoms with Crippen molar-refractivity contribution < 1.29 is 31.5 Å². The van der Waals surface area contributed by atoms with Crippen LogP contribution in [0.25, 0.3) is 0 Å². The number of anilines is 1. The van der Waals surface area contributed by atoms with Gasteiger partial charge in [-0.2, -0.15) is 13.2 Å². The molecule has 12 heteroatoms. The van der Waals surface area contributed by atoms with Gasteiger partial charge in [0.05, 0.1) is 15.7 Å². The van der Waals surface area contributed by atoms with Gasteiger partial charge in [-0.3, -0.25) is 4.79 Å². The van der Waals surface area contributed by atoms with Gasteiger partial charge in [0.2, 0.25) is 5.60 Å². The van der Waals surface area contributed by atoms with Crippen molar-refractivity contribution >= 4 is 54.5 Å². The second-order valence-electron chi connectivity index (χ2n) is 4.20. The molecule has 0 aliphatic rings. The van der Waals surface area contributed by atoms with Crippen molar-refractivity contribution in [3.05, 3.63) is 22.2 Å². The first-order valence-electron chi connectivity index (χ1n) is 5.23. The molecule has 0 aliphatic carbocycles. The highest BCUT2D eigenvalue weighted by Gasteiger charge is 2.55. The summed E-state index contributed by atoms with van der Waals surface area (Å²) in [5.41, 5.74) is -4.11. The van der Waals surface area contributed by atoms with Crippen molar-refractivity contribution in [1.82, 2.24) is 0 Å². The van der Waals surface area contributed by atoms with Crippen LogP contribution in [-0.2, 0) is 13.8 Å². The van der Waals surface area contributed by atoms with Gasteiger partial charge in [-0.05, 0) is 19.1 Å². The summed E-state index contributed by atoms with van der Waals surface area (Å²) < 4.78 is 59.9. The maximum Gasteiger partial charge on any atom is 0.426 e. The minimum atomic E-state index is -5.23. The van der Waals surface area contributed by atoms with E-state index in [1.165, 1.54) is 0 Å². The topological polar surface area (TPSA) is 83.5 Å². The first-order valence-corrected chi connectivity index (χ1v) is 8.29. The van der Waals surface area contributed by atoms with Gasteiger partial charge in [0.1, 0.15) is 4.90 Å². The number of amides is 1. The molecule has 0 aliphatic heterocycles. The Balaban J connectivity index is 3.22. The molecule has 0 bridgehead atoms. The largest absolute Gasteiger partial charge is 0.426 e. The van der Waals surface area contributed by atoms with Crippen LogP contribution in [-0.4, -0.2) is 31.2 Å². The van der Waals surface area contributed by atoms with Crippen molar-refractivity contribution in [3.8, 4) is 0 Å². The van der Waals surface area contributed by atoms with Crippen LogP contribution in [0.3, 0.4) is 0 Å². The highest BCUT2D eigenvalue weighted by atomic mass is 35.7. The molecule has 2 N–H and O–H groups in total. The third kappa shape index (κ3) is 3.77. The molecule has 0 spiro atoms. The SMILES string of the molecule is C[C@@](O)(C(=O)Nc1ccc(S(=O)(=O)Cl)c(Cl)c1Cl)C(F)(F)F. The Morgan fingerprint density at radius 1 is 1.23 bits per heavy atom. The summed E-state index contributed by atoms with van der Waals surface area (Å²) in [6.45, 7) is 0.245. The Kier molecular flexibility index (Phi) is 5.30. The van der Waals surface area contributed by atoms with Crippen LogP contribution in [0.5, 0.6) is 0 Å². The summed E-state index contributed by atoms with van der Waals surface area (Å²) in [4.78, 5) is 10.9. The van der Waals surface area contributed by atoms with E-state index in [2.05, 4.69) is 0 Å². The van der Waals surface area contributed by atoms with E-state index >= 15 is 0 Å². The fourth-order valence-electron chi connectivity index (χ4n) is 1.19. The summed E-state index contributed by atoms with van der Waals surface area (Å²) in [5.74, 6) is -1.82. The average molecular weight is 401 g/mol. The van der Waals surface area contributed by atoms with Gasteiger partial charge in [-0.1, -0.05) is 23.2 Å². The molecular formula is C10H7Cl3F3NO4S. The molecule has 1 rings (SSSR count). The fourth-order valence-corrected chi connectivity index (χ4v) is 2.98. The summed E-state index contributed by atoms with van der Waals surface area (Å²) in [7, 11) is 0.840. The van der Waals surface area contributed by atoms with Crippen LogP contribution in [0.4, 0.5) is 18.9 Å². The van der Waals surface area contributed by atoms with Crippen molar-refractivity contribution in [3.63, 3.8) is 0 Å². The van der Waals surface area contributed by atoms with Crippen molar-refractivity contribution in [2.45, 2.75) is 23.6 Å². The van der Waals surface area contributed by atoms with Gasteiger partial charge >= 0.3 is 6.18 Å². The van der Waals surface area contributed by atoms with E-state index in [1.807, 2.05) is 0 Å². The minimum Gasteiger partial charge on any atom is -0.373 e. The lowest BCUT2D eigenvalue weighted by Crippen LogP contribution is -2.52. The molecule has 0 saturated carbocycles. The molecule has 1 aromatic rings. The number of hydrogen-bond acceptors (Lipinski definition) is 4. The molecule has 5 nitrogen and oxygen atoms in total. The minimum absolute atomic E-state index is 0.245. The molecule has 1 aromatic carbocycles. The third-order valence-electron chi connectivity index (χ3n) is 2.55. The Labute approximate surface area is 137 Å². The van der Waals surface area contributed by atoms with E-state index < -0.39 is 47.4 Å². The molecule has 124 valence electrons. The molecule has 0 unspecified atom stereocenters. The number of alkyl halides is 3. The van der Waals surface area contributed by atoms with E-state index in [9.17, 15) is 31.5 Å². The highest BCUT2D eigenvalue weighted by molar-refractivity contribution is 8.13. The highest BCUT2D eigenvalue weighted by Crippen LogP contribution is 2.38. The van der Waals surface area contributed by atoms with Crippen molar-refractivity contribution in [2.24, 2.45) is 0 Å². The zero-order valence-electron chi connectivity index (χ0n) is 10.5.